The lowest BCUT2D eigenvalue weighted by Crippen LogP contribution is -2.05. The number of alkyl halides is 3. The van der Waals surface area contributed by atoms with E-state index in [1.165, 1.54) is 14.2 Å². The Hall–Kier alpha value is -1.10. The predicted octanol–water partition coefficient (Wildman–Crippen LogP) is 3.39. The number of hydrogen-bond donors (Lipinski definition) is 0. The first kappa shape index (κ1) is 13.0. The molecule has 1 aromatic carbocycles. The maximum absolute atomic E-state index is 13.4. The topological polar surface area (TPSA) is 18.5 Å². The second-order valence-corrected chi connectivity index (χ2v) is 3.44. The van der Waals surface area contributed by atoms with Crippen molar-refractivity contribution in [1.82, 2.24) is 0 Å². The summed E-state index contributed by atoms with van der Waals surface area (Å²) < 4.78 is 47.8. The summed E-state index contributed by atoms with van der Waals surface area (Å²) in [4.78, 5) is 0. The van der Waals surface area contributed by atoms with Gasteiger partial charge in [-0.2, -0.15) is 0 Å². The number of benzene rings is 1. The van der Waals surface area contributed by atoms with Crippen LogP contribution in [0.1, 0.15) is 10.9 Å². The van der Waals surface area contributed by atoms with Crippen molar-refractivity contribution >= 4 is 11.6 Å². The SMILES string of the molecule is COc1cc(F)c(C(Cl)C(F)F)cc1OC. The fourth-order valence-electron chi connectivity index (χ4n) is 1.22. The third-order valence-corrected chi connectivity index (χ3v) is 2.45. The zero-order valence-corrected chi connectivity index (χ0v) is 9.39. The van der Waals surface area contributed by atoms with Gasteiger partial charge in [0.15, 0.2) is 11.5 Å². The smallest absolute Gasteiger partial charge is 0.258 e. The van der Waals surface area contributed by atoms with Gasteiger partial charge in [-0.3, -0.25) is 0 Å². The van der Waals surface area contributed by atoms with E-state index in [1.807, 2.05) is 0 Å². The highest BCUT2D eigenvalue weighted by atomic mass is 35.5. The highest BCUT2D eigenvalue weighted by Crippen LogP contribution is 2.36. The monoisotopic (exact) mass is 254 g/mol. The van der Waals surface area contributed by atoms with E-state index in [4.69, 9.17) is 21.1 Å². The highest BCUT2D eigenvalue weighted by molar-refractivity contribution is 6.21. The van der Waals surface area contributed by atoms with Crippen molar-refractivity contribution < 1.29 is 22.6 Å². The van der Waals surface area contributed by atoms with E-state index in [0.29, 0.717) is 0 Å². The van der Waals surface area contributed by atoms with Crippen LogP contribution in [-0.4, -0.2) is 20.6 Å². The Kier molecular flexibility index (Phi) is 4.29. The van der Waals surface area contributed by atoms with E-state index in [0.717, 1.165) is 12.1 Å². The van der Waals surface area contributed by atoms with Crippen molar-refractivity contribution in [3.63, 3.8) is 0 Å². The molecule has 0 aromatic heterocycles. The number of halogens is 4. The predicted molar refractivity (Wildman–Crippen MR) is 54.1 cm³/mol. The lowest BCUT2D eigenvalue weighted by atomic mass is 10.1. The zero-order valence-electron chi connectivity index (χ0n) is 8.64. The van der Waals surface area contributed by atoms with Crippen molar-refractivity contribution in [3.05, 3.63) is 23.5 Å². The van der Waals surface area contributed by atoms with Gasteiger partial charge in [-0.05, 0) is 6.07 Å². The molecular weight excluding hydrogens is 245 g/mol. The van der Waals surface area contributed by atoms with Gasteiger partial charge < -0.3 is 9.47 Å². The summed E-state index contributed by atoms with van der Waals surface area (Å²) in [5.41, 5.74) is -0.311. The van der Waals surface area contributed by atoms with E-state index in [1.54, 1.807) is 0 Å². The molecule has 0 aliphatic heterocycles. The molecule has 0 radical (unpaired) electrons. The van der Waals surface area contributed by atoms with Crippen LogP contribution in [-0.2, 0) is 0 Å². The zero-order chi connectivity index (χ0) is 12.3. The Morgan fingerprint density at radius 3 is 2.06 bits per heavy atom. The number of methoxy groups -OCH3 is 2. The summed E-state index contributed by atoms with van der Waals surface area (Å²) in [6.45, 7) is 0. The Balaban J connectivity index is 3.21. The summed E-state index contributed by atoms with van der Waals surface area (Å²) in [5.74, 6) is -0.565. The molecule has 1 atom stereocenters. The third kappa shape index (κ3) is 2.52. The molecule has 0 spiro atoms. The summed E-state index contributed by atoms with van der Waals surface area (Å²) in [7, 11) is 2.65. The van der Waals surface area contributed by atoms with Crippen LogP contribution in [0.15, 0.2) is 12.1 Å². The Morgan fingerprint density at radius 1 is 1.12 bits per heavy atom. The van der Waals surface area contributed by atoms with E-state index < -0.39 is 17.6 Å². The molecule has 0 N–H and O–H groups in total. The first-order valence-corrected chi connectivity index (χ1v) is 4.78. The summed E-state index contributed by atoms with van der Waals surface area (Å²) in [6.07, 6.45) is -2.85. The second kappa shape index (κ2) is 5.30. The van der Waals surface area contributed by atoms with Crippen molar-refractivity contribution in [3.8, 4) is 11.5 Å². The van der Waals surface area contributed by atoms with Crippen LogP contribution in [0.5, 0.6) is 11.5 Å². The van der Waals surface area contributed by atoms with Gasteiger partial charge in [0.05, 0.1) is 14.2 Å². The maximum Gasteiger partial charge on any atom is 0.258 e. The molecule has 16 heavy (non-hydrogen) atoms. The molecule has 0 aliphatic carbocycles. The van der Waals surface area contributed by atoms with Crippen molar-refractivity contribution in [2.24, 2.45) is 0 Å². The van der Waals surface area contributed by atoms with Gasteiger partial charge in [-0.1, -0.05) is 0 Å². The first-order chi connectivity index (χ1) is 7.51. The molecule has 0 fully saturated rings. The van der Waals surface area contributed by atoms with Crippen LogP contribution in [0.2, 0.25) is 0 Å². The standard InChI is InChI=1S/C10H10ClF3O2/c1-15-7-3-5(9(11)10(13)14)6(12)4-8(7)16-2/h3-4,9-10H,1-2H3. The fraction of sp³-hybridized carbons (Fsp3) is 0.400. The summed E-state index contributed by atoms with van der Waals surface area (Å²) >= 11 is 5.38. The van der Waals surface area contributed by atoms with E-state index in [2.05, 4.69) is 0 Å². The van der Waals surface area contributed by atoms with Crippen LogP contribution in [0.4, 0.5) is 13.2 Å². The minimum Gasteiger partial charge on any atom is -0.493 e. The van der Waals surface area contributed by atoms with Gasteiger partial charge in [0.2, 0.25) is 0 Å². The largest absolute Gasteiger partial charge is 0.493 e. The average Bonchev–Trinajstić information content (AvgIpc) is 2.27. The lowest BCUT2D eigenvalue weighted by Gasteiger charge is -2.13. The molecule has 0 saturated carbocycles. The van der Waals surface area contributed by atoms with Gasteiger partial charge in [0.25, 0.3) is 6.43 Å². The van der Waals surface area contributed by atoms with Crippen LogP contribution in [0, 0.1) is 5.82 Å². The van der Waals surface area contributed by atoms with Crippen molar-refractivity contribution in [2.45, 2.75) is 11.8 Å². The molecule has 0 saturated heterocycles. The van der Waals surface area contributed by atoms with Crippen LogP contribution >= 0.6 is 11.6 Å². The van der Waals surface area contributed by atoms with E-state index in [-0.39, 0.29) is 17.1 Å². The maximum atomic E-state index is 13.4. The second-order valence-electron chi connectivity index (χ2n) is 2.96. The van der Waals surface area contributed by atoms with Gasteiger partial charge in [-0.15, -0.1) is 11.6 Å². The fourth-order valence-corrected chi connectivity index (χ4v) is 1.38. The minimum atomic E-state index is -2.85. The molecule has 0 bridgehead atoms. The molecule has 0 aliphatic rings. The first-order valence-electron chi connectivity index (χ1n) is 4.35. The van der Waals surface area contributed by atoms with Crippen molar-refractivity contribution in [1.29, 1.82) is 0 Å². The van der Waals surface area contributed by atoms with Crippen LogP contribution in [0.25, 0.3) is 0 Å². The molecular formula is C10H10ClF3O2. The lowest BCUT2D eigenvalue weighted by molar-refractivity contribution is 0.141. The minimum absolute atomic E-state index is 0.127. The summed E-state index contributed by atoms with van der Waals surface area (Å²) in [6, 6.07) is 2.07. The Morgan fingerprint density at radius 2 is 1.62 bits per heavy atom. The highest BCUT2D eigenvalue weighted by Gasteiger charge is 2.24. The quantitative estimate of drug-likeness (QED) is 0.767. The van der Waals surface area contributed by atoms with Crippen LogP contribution < -0.4 is 9.47 Å². The average molecular weight is 255 g/mol. The van der Waals surface area contributed by atoms with Crippen molar-refractivity contribution in [2.75, 3.05) is 14.2 Å². The van der Waals surface area contributed by atoms with Crippen LogP contribution in [0.3, 0.4) is 0 Å². The molecule has 6 heteroatoms. The molecule has 90 valence electrons. The molecule has 2 nitrogen and oxygen atoms in total. The molecule has 1 aromatic rings. The van der Waals surface area contributed by atoms with Gasteiger partial charge >= 0.3 is 0 Å². The number of ether oxygens (including phenoxy) is 2. The molecule has 0 heterocycles. The summed E-state index contributed by atoms with van der Waals surface area (Å²) in [5, 5.41) is -1.71. The molecule has 0 amide bonds. The normalized spacial score (nSPS) is 12.7. The van der Waals surface area contributed by atoms with E-state index in [9.17, 15) is 13.2 Å². The van der Waals surface area contributed by atoms with Gasteiger partial charge in [0, 0.05) is 11.6 Å². The number of hydrogen-bond acceptors (Lipinski definition) is 2. The Labute approximate surface area is 95.9 Å². The number of rotatable bonds is 4. The van der Waals surface area contributed by atoms with E-state index >= 15 is 0 Å². The Bertz CT molecular complexity index is 371. The third-order valence-electron chi connectivity index (χ3n) is 2.02. The molecule has 1 rings (SSSR count). The molecule has 1 unspecified atom stereocenters. The van der Waals surface area contributed by atoms with Gasteiger partial charge in [0.1, 0.15) is 11.2 Å². The van der Waals surface area contributed by atoms with Gasteiger partial charge in [-0.25, -0.2) is 13.2 Å².